The summed E-state index contributed by atoms with van der Waals surface area (Å²) in [6, 6.07) is 12.2. The molecule has 0 spiro atoms. The molecule has 2 aromatic carbocycles. The molecule has 20 heavy (non-hydrogen) atoms. The van der Waals surface area contributed by atoms with Crippen molar-refractivity contribution in [2.75, 3.05) is 6.26 Å². The molecule has 0 heterocycles. The fourth-order valence-electron chi connectivity index (χ4n) is 1.57. The summed E-state index contributed by atoms with van der Waals surface area (Å²) in [5, 5.41) is 0. The normalized spacial score (nSPS) is 10.3. The van der Waals surface area contributed by atoms with E-state index in [-0.39, 0.29) is 5.75 Å². The Morgan fingerprint density at radius 1 is 1.10 bits per heavy atom. The standard InChI is InChI=1S/C15H13FO2S2/c1-10(17)18-14-9-11(16)3-8-15(14)20-13-6-4-12(19-2)5-7-13/h3-9H,1-2H3. The lowest BCUT2D eigenvalue weighted by Crippen LogP contribution is -2.02. The molecule has 0 fully saturated rings. The molecule has 0 N–H and O–H groups in total. The highest BCUT2D eigenvalue weighted by atomic mass is 32.2. The topological polar surface area (TPSA) is 26.3 Å². The lowest BCUT2D eigenvalue weighted by atomic mass is 10.3. The number of halogens is 1. The largest absolute Gasteiger partial charge is 0.425 e. The summed E-state index contributed by atoms with van der Waals surface area (Å²) in [5.41, 5.74) is 0. The first-order valence-electron chi connectivity index (χ1n) is 5.88. The molecule has 0 aliphatic heterocycles. The van der Waals surface area contributed by atoms with Crippen molar-refractivity contribution in [3.05, 3.63) is 48.3 Å². The average Bonchev–Trinajstić information content (AvgIpc) is 2.42. The van der Waals surface area contributed by atoms with E-state index in [1.807, 2.05) is 30.5 Å². The second-order valence-electron chi connectivity index (χ2n) is 3.96. The van der Waals surface area contributed by atoms with Crippen LogP contribution in [0.1, 0.15) is 6.92 Å². The van der Waals surface area contributed by atoms with Gasteiger partial charge in [-0.15, -0.1) is 11.8 Å². The van der Waals surface area contributed by atoms with E-state index in [1.54, 1.807) is 17.8 Å². The molecule has 0 atom stereocenters. The van der Waals surface area contributed by atoms with Gasteiger partial charge in [-0.1, -0.05) is 11.8 Å². The van der Waals surface area contributed by atoms with E-state index in [4.69, 9.17) is 4.74 Å². The van der Waals surface area contributed by atoms with Crippen LogP contribution < -0.4 is 4.74 Å². The predicted molar refractivity (Wildman–Crippen MR) is 80.1 cm³/mol. The van der Waals surface area contributed by atoms with Crippen molar-refractivity contribution < 1.29 is 13.9 Å². The summed E-state index contributed by atoms with van der Waals surface area (Å²) in [6.45, 7) is 1.30. The van der Waals surface area contributed by atoms with Gasteiger partial charge in [-0.3, -0.25) is 4.79 Å². The van der Waals surface area contributed by atoms with Crippen molar-refractivity contribution in [3.63, 3.8) is 0 Å². The van der Waals surface area contributed by atoms with Crippen LogP contribution in [0.4, 0.5) is 4.39 Å². The number of hydrogen-bond acceptors (Lipinski definition) is 4. The summed E-state index contributed by atoms with van der Waals surface area (Å²) in [4.78, 5) is 13.9. The maximum atomic E-state index is 13.2. The Morgan fingerprint density at radius 2 is 1.75 bits per heavy atom. The number of carbonyl (C=O) groups is 1. The first kappa shape index (κ1) is 14.9. The third-order valence-electron chi connectivity index (χ3n) is 2.45. The van der Waals surface area contributed by atoms with E-state index in [2.05, 4.69) is 0 Å². The number of thioether (sulfide) groups is 1. The summed E-state index contributed by atoms with van der Waals surface area (Å²) in [7, 11) is 0. The van der Waals surface area contributed by atoms with Gasteiger partial charge in [-0.05, 0) is 42.7 Å². The molecule has 0 aliphatic rings. The molecule has 0 unspecified atom stereocenters. The number of ether oxygens (including phenoxy) is 1. The SMILES string of the molecule is CSc1ccc(Sc2ccc(F)cc2OC(C)=O)cc1. The van der Waals surface area contributed by atoms with Gasteiger partial charge in [0.15, 0.2) is 0 Å². The van der Waals surface area contributed by atoms with Gasteiger partial charge in [0.1, 0.15) is 11.6 Å². The fraction of sp³-hybridized carbons (Fsp3) is 0.133. The van der Waals surface area contributed by atoms with Gasteiger partial charge in [-0.2, -0.15) is 0 Å². The molecule has 0 saturated carbocycles. The minimum atomic E-state index is -0.463. The number of rotatable bonds is 4. The molecule has 0 bridgehead atoms. The fourth-order valence-corrected chi connectivity index (χ4v) is 2.84. The second kappa shape index (κ2) is 6.81. The zero-order chi connectivity index (χ0) is 14.5. The van der Waals surface area contributed by atoms with Crippen LogP contribution in [0.3, 0.4) is 0 Å². The number of hydrogen-bond donors (Lipinski definition) is 0. The van der Waals surface area contributed by atoms with Crippen molar-refractivity contribution in [2.45, 2.75) is 21.6 Å². The third kappa shape index (κ3) is 4.02. The average molecular weight is 308 g/mol. The first-order valence-corrected chi connectivity index (χ1v) is 7.92. The predicted octanol–water partition coefficient (Wildman–Crippen LogP) is 4.62. The Morgan fingerprint density at radius 3 is 2.35 bits per heavy atom. The van der Waals surface area contributed by atoms with Crippen molar-refractivity contribution in [3.8, 4) is 5.75 Å². The van der Waals surface area contributed by atoms with Gasteiger partial charge < -0.3 is 4.74 Å². The Bertz CT molecular complexity index is 612. The van der Waals surface area contributed by atoms with Crippen molar-refractivity contribution in [1.82, 2.24) is 0 Å². The highest BCUT2D eigenvalue weighted by Crippen LogP contribution is 2.36. The molecule has 0 radical (unpaired) electrons. The molecule has 2 nitrogen and oxygen atoms in total. The van der Waals surface area contributed by atoms with Gasteiger partial charge in [0.25, 0.3) is 0 Å². The number of carbonyl (C=O) groups excluding carboxylic acids is 1. The van der Waals surface area contributed by atoms with Crippen molar-refractivity contribution in [2.24, 2.45) is 0 Å². The molecule has 2 rings (SSSR count). The second-order valence-corrected chi connectivity index (χ2v) is 5.96. The third-order valence-corrected chi connectivity index (χ3v) is 4.26. The number of esters is 1. The molecule has 2 aromatic rings. The van der Waals surface area contributed by atoms with Crippen LogP contribution in [0.15, 0.2) is 57.2 Å². The zero-order valence-electron chi connectivity index (χ0n) is 11.1. The van der Waals surface area contributed by atoms with Gasteiger partial charge in [0.05, 0.1) is 4.90 Å². The lowest BCUT2D eigenvalue weighted by Gasteiger charge is -2.09. The highest BCUT2D eigenvalue weighted by Gasteiger charge is 2.09. The van der Waals surface area contributed by atoms with E-state index in [0.717, 1.165) is 4.90 Å². The first-order chi connectivity index (χ1) is 9.58. The summed E-state index contributed by atoms with van der Waals surface area (Å²) in [5.74, 6) is -0.644. The zero-order valence-corrected chi connectivity index (χ0v) is 12.7. The van der Waals surface area contributed by atoms with E-state index in [9.17, 15) is 9.18 Å². The minimum Gasteiger partial charge on any atom is -0.425 e. The Labute approximate surface area is 125 Å². The van der Waals surface area contributed by atoms with Gasteiger partial charge in [0.2, 0.25) is 0 Å². The Kier molecular flexibility index (Phi) is 5.09. The number of benzene rings is 2. The van der Waals surface area contributed by atoms with Crippen molar-refractivity contribution >= 4 is 29.5 Å². The van der Waals surface area contributed by atoms with E-state index in [0.29, 0.717) is 4.90 Å². The van der Waals surface area contributed by atoms with Gasteiger partial charge >= 0.3 is 5.97 Å². The van der Waals surface area contributed by atoms with Crippen LogP contribution >= 0.6 is 23.5 Å². The Balaban J connectivity index is 2.25. The van der Waals surface area contributed by atoms with E-state index >= 15 is 0 Å². The van der Waals surface area contributed by atoms with Crippen LogP contribution in [-0.2, 0) is 4.79 Å². The molecule has 0 aliphatic carbocycles. The molecular weight excluding hydrogens is 295 g/mol. The summed E-state index contributed by atoms with van der Waals surface area (Å²) in [6.07, 6.45) is 2.01. The minimum absolute atomic E-state index is 0.247. The van der Waals surface area contributed by atoms with Crippen LogP contribution in [0.2, 0.25) is 0 Å². The van der Waals surface area contributed by atoms with Crippen LogP contribution in [-0.4, -0.2) is 12.2 Å². The van der Waals surface area contributed by atoms with E-state index in [1.165, 1.54) is 35.7 Å². The van der Waals surface area contributed by atoms with Gasteiger partial charge in [0, 0.05) is 22.8 Å². The molecule has 0 saturated heterocycles. The van der Waals surface area contributed by atoms with Crippen LogP contribution in [0.5, 0.6) is 5.75 Å². The quantitative estimate of drug-likeness (QED) is 0.467. The molecule has 104 valence electrons. The van der Waals surface area contributed by atoms with Crippen LogP contribution in [0, 0.1) is 5.82 Å². The van der Waals surface area contributed by atoms with Crippen LogP contribution in [0.25, 0.3) is 0 Å². The van der Waals surface area contributed by atoms with Gasteiger partial charge in [-0.25, -0.2) is 4.39 Å². The smallest absolute Gasteiger partial charge is 0.308 e. The summed E-state index contributed by atoms with van der Waals surface area (Å²) < 4.78 is 18.3. The van der Waals surface area contributed by atoms with Crippen molar-refractivity contribution in [1.29, 1.82) is 0 Å². The monoisotopic (exact) mass is 308 g/mol. The maximum Gasteiger partial charge on any atom is 0.308 e. The lowest BCUT2D eigenvalue weighted by molar-refractivity contribution is -0.132. The van der Waals surface area contributed by atoms with E-state index < -0.39 is 11.8 Å². The Hall–Kier alpha value is -1.46. The molecular formula is C15H13FO2S2. The highest BCUT2D eigenvalue weighted by molar-refractivity contribution is 7.99. The molecule has 5 heteroatoms. The maximum absolute atomic E-state index is 13.2. The summed E-state index contributed by atoms with van der Waals surface area (Å²) >= 11 is 3.10. The molecule has 0 amide bonds. The molecule has 0 aromatic heterocycles.